The summed E-state index contributed by atoms with van der Waals surface area (Å²) in [6.45, 7) is 4.68. The number of carbonyl (C=O) groups excluding carboxylic acids is 1. The lowest BCUT2D eigenvalue weighted by atomic mass is 10.0. The Morgan fingerprint density at radius 3 is 2.59 bits per heavy atom. The van der Waals surface area contributed by atoms with Crippen LogP contribution in [0.25, 0.3) is 22.6 Å². The van der Waals surface area contributed by atoms with E-state index in [0.717, 1.165) is 53.9 Å². The molecule has 9 nitrogen and oxygen atoms in total. The number of H-pyrrole nitrogens is 1. The van der Waals surface area contributed by atoms with E-state index in [9.17, 15) is 4.79 Å². The first kappa shape index (κ1) is 21.5. The van der Waals surface area contributed by atoms with Gasteiger partial charge in [0, 0.05) is 30.2 Å². The second-order valence-electron chi connectivity index (χ2n) is 7.63. The average molecular weight is 431 g/mol. The van der Waals surface area contributed by atoms with E-state index in [1.54, 1.807) is 0 Å². The Kier molecular flexibility index (Phi) is 6.74. The Bertz CT molecular complexity index is 1170. The van der Waals surface area contributed by atoms with Crippen molar-refractivity contribution >= 4 is 5.78 Å². The largest absolute Gasteiger partial charge is 0.291 e. The Hall–Kier alpha value is -3.75. The van der Waals surface area contributed by atoms with E-state index < -0.39 is 0 Å². The maximum absolute atomic E-state index is 12.4. The smallest absolute Gasteiger partial charge is 0.217 e. The fraction of sp³-hybridized carbons (Fsp3) is 0.348. The molecule has 1 aromatic carbocycles. The molecule has 4 rings (SSSR count). The molecule has 0 atom stereocenters. The molecule has 0 spiro atoms. The molecule has 3 heterocycles. The molecule has 0 radical (unpaired) electrons. The van der Waals surface area contributed by atoms with E-state index in [0.29, 0.717) is 24.6 Å². The molecule has 4 aromatic rings. The summed E-state index contributed by atoms with van der Waals surface area (Å²) in [6.07, 6.45) is 5.86. The number of carbonyl (C=O) groups is 1. The number of tetrazole rings is 1. The van der Waals surface area contributed by atoms with Crippen molar-refractivity contribution in [2.75, 3.05) is 0 Å². The third kappa shape index (κ3) is 4.77. The zero-order chi connectivity index (χ0) is 22.3. The molecule has 0 unspecified atom stereocenters. The number of benzene rings is 1. The zero-order valence-electron chi connectivity index (χ0n) is 18.3. The van der Waals surface area contributed by atoms with E-state index in [1.807, 2.05) is 47.3 Å². The highest BCUT2D eigenvalue weighted by atomic mass is 16.1. The summed E-state index contributed by atoms with van der Waals surface area (Å²) in [6, 6.07) is 11.8. The van der Waals surface area contributed by atoms with E-state index in [1.165, 1.54) is 0 Å². The fourth-order valence-electron chi connectivity index (χ4n) is 3.51. The lowest BCUT2D eigenvalue weighted by molar-refractivity contribution is 0.0969. The van der Waals surface area contributed by atoms with Crippen LogP contribution in [0.4, 0.5) is 0 Å². The van der Waals surface area contributed by atoms with Crippen LogP contribution in [0, 0.1) is 0 Å². The van der Waals surface area contributed by atoms with Gasteiger partial charge in [0.2, 0.25) is 11.6 Å². The average Bonchev–Trinajstić information content (AvgIpc) is 3.49. The van der Waals surface area contributed by atoms with E-state index in [-0.39, 0.29) is 5.78 Å². The lowest BCUT2D eigenvalue weighted by Crippen LogP contribution is -2.08. The summed E-state index contributed by atoms with van der Waals surface area (Å²) in [4.78, 5) is 21.6. The first-order valence-corrected chi connectivity index (χ1v) is 10.9. The number of aromatic nitrogens is 8. The van der Waals surface area contributed by atoms with Crippen molar-refractivity contribution in [3.05, 3.63) is 59.8 Å². The predicted octanol–water partition coefficient (Wildman–Crippen LogP) is 3.89. The molecule has 0 fully saturated rings. The highest BCUT2D eigenvalue weighted by Crippen LogP contribution is 2.28. The van der Waals surface area contributed by atoms with Crippen molar-refractivity contribution in [3.63, 3.8) is 0 Å². The van der Waals surface area contributed by atoms with Crippen molar-refractivity contribution < 1.29 is 4.79 Å². The van der Waals surface area contributed by atoms with Crippen LogP contribution in [-0.2, 0) is 13.0 Å². The van der Waals surface area contributed by atoms with E-state index in [4.69, 9.17) is 0 Å². The summed E-state index contributed by atoms with van der Waals surface area (Å²) in [7, 11) is 0. The fourth-order valence-corrected chi connectivity index (χ4v) is 3.51. The topological polar surface area (TPSA) is 115 Å². The molecule has 9 heteroatoms. The second-order valence-corrected chi connectivity index (χ2v) is 7.63. The van der Waals surface area contributed by atoms with E-state index >= 15 is 0 Å². The summed E-state index contributed by atoms with van der Waals surface area (Å²) >= 11 is 0. The first-order chi connectivity index (χ1) is 15.7. The normalized spacial score (nSPS) is 11.1. The predicted molar refractivity (Wildman–Crippen MR) is 120 cm³/mol. The number of nitrogens with one attached hydrogen (secondary N) is 1. The lowest BCUT2D eigenvalue weighted by Gasteiger charge is -2.08. The quantitative estimate of drug-likeness (QED) is 0.379. The molecule has 1 N–H and O–H groups in total. The van der Waals surface area contributed by atoms with Crippen molar-refractivity contribution in [2.45, 2.75) is 52.5 Å². The molecule has 0 bridgehead atoms. The molecular weight excluding hydrogens is 404 g/mol. The van der Waals surface area contributed by atoms with Crippen LogP contribution in [0.3, 0.4) is 0 Å². The Morgan fingerprint density at radius 2 is 1.91 bits per heavy atom. The van der Waals surface area contributed by atoms with Crippen molar-refractivity contribution in [1.82, 2.24) is 40.4 Å². The molecule has 32 heavy (non-hydrogen) atoms. The monoisotopic (exact) mass is 430 g/mol. The van der Waals surface area contributed by atoms with Crippen molar-refractivity contribution in [2.24, 2.45) is 0 Å². The van der Waals surface area contributed by atoms with Gasteiger partial charge in [-0.25, -0.2) is 14.8 Å². The number of pyridine rings is 1. The van der Waals surface area contributed by atoms with Gasteiger partial charge in [-0.1, -0.05) is 50.6 Å². The number of aryl methyl sites for hydroxylation is 1. The third-order valence-electron chi connectivity index (χ3n) is 5.19. The summed E-state index contributed by atoms with van der Waals surface area (Å²) < 4.78 is 1.83. The van der Waals surface area contributed by atoms with Crippen LogP contribution < -0.4 is 0 Å². The summed E-state index contributed by atoms with van der Waals surface area (Å²) in [5, 5.41) is 18.7. The molecule has 0 amide bonds. The van der Waals surface area contributed by atoms with Crippen LogP contribution >= 0.6 is 0 Å². The summed E-state index contributed by atoms with van der Waals surface area (Å²) in [5.41, 5.74) is 3.63. The van der Waals surface area contributed by atoms with Crippen LogP contribution in [0.15, 0.2) is 42.6 Å². The highest BCUT2D eigenvalue weighted by Gasteiger charge is 2.16. The molecule has 3 aromatic heterocycles. The first-order valence-electron chi connectivity index (χ1n) is 10.9. The minimum absolute atomic E-state index is 0.00920. The Balaban J connectivity index is 1.56. The van der Waals surface area contributed by atoms with Gasteiger partial charge in [-0.3, -0.25) is 9.78 Å². The number of Topliss-reactive ketones (excluding diaryl/α,β-unsaturated/α-hetero) is 1. The van der Waals surface area contributed by atoms with Crippen LogP contribution in [0.1, 0.15) is 61.5 Å². The van der Waals surface area contributed by atoms with Crippen LogP contribution in [0.2, 0.25) is 0 Å². The molecule has 0 aliphatic rings. The van der Waals surface area contributed by atoms with Crippen molar-refractivity contribution in [1.29, 1.82) is 0 Å². The number of unbranched alkanes of at least 4 members (excludes halogenated alkanes) is 1. The van der Waals surface area contributed by atoms with Gasteiger partial charge in [-0.05, 0) is 34.9 Å². The van der Waals surface area contributed by atoms with Gasteiger partial charge in [-0.15, -0.1) is 10.2 Å². The third-order valence-corrected chi connectivity index (χ3v) is 5.19. The van der Waals surface area contributed by atoms with E-state index in [2.05, 4.69) is 49.5 Å². The minimum Gasteiger partial charge on any atom is -0.291 e. The van der Waals surface area contributed by atoms with Crippen LogP contribution in [-0.4, -0.2) is 46.2 Å². The zero-order valence-corrected chi connectivity index (χ0v) is 18.3. The van der Waals surface area contributed by atoms with Gasteiger partial charge in [-0.2, -0.15) is 0 Å². The molecule has 0 aliphatic carbocycles. The number of rotatable bonds is 10. The highest BCUT2D eigenvalue weighted by molar-refractivity contribution is 5.92. The maximum atomic E-state index is 12.4. The number of aromatic amines is 1. The molecule has 0 saturated heterocycles. The number of ketones is 1. The second kappa shape index (κ2) is 10.0. The van der Waals surface area contributed by atoms with Gasteiger partial charge in [0.15, 0.2) is 5.82 Å². The Morgan fingerprint density at radius 1 is 1.06 bits per heavy atom. The number of nitrogens with zero attached hydrogens (tertiary/aromatic N) is 7. The Labute approximate surface area is 186 Å². The number of hydrogen-bond donors (Lipinski definition) is 1. The number of hydrogen-bond acceptors (Lipinski definition) is 7. The van der Waals surface area contributed by atoms with Crippen LogP contribution in [0.5, 0.6) is 0 Å². The van der Waals surface area contributed by atoms with Gasteiger partial charge < -0.3 is 0 Å². The van der Waals surface area contributed by atoms with Gasteiger partial charge in [0.1, 0.15) is 5.82 Å². The maximum Gasteiger partial charge on any atom is 0.217 e. The SMILES string of the molecule is CCCCC(=O)c1nc(CCC)n(Cc2ccc(-c3ccccc3-c3nnn[nH]3)nc2)n1. The van der Waals surface area contributed by atoms with Crippen molar-refractivity contribution in [3.8, 4) is 22.6 Å². The molecule has 0 saturated carbocycles. The molecular formula is C23H26N8O. The summed E-state index contributed by atoms with van der Waals surface area (Å²) in [5.74, 6) is 1.76. The molecule has 0 aliphatic heterocycles. The van der Waals surface area contributed by atoms with Gasteiger partial charge >= 0.3 is 0 Å². The minimum atomic E-state index is 0.00920. The standard InChI is InChI=1S/C23H26N8O/c1-3-5-11-20(32)23-25-21(8-4-2)31(28-23)15-16-12-13-19(24-14-16)17-9-6-7-10-18(17)22-26-29-30-27-22/h6-7,9-10,12-14H,3-5,8,11,15H2,1-2H3,(H,26,27,29,30). The van der Waals surface area contributed by atoms with Gasteiger partial charge in [0.05, 0.1) is 12.2 Å². The van der Waals surface area contributed by atoms with Gasteiger partial charge in [0.25, 0.3) is 0 Å². The molecule has 164 valence electrons.